The number of sulfonamides is 1. The zero-order valence-electron chi connectivity index (χ0n) is 22.1. The van der Waals surface area contributed by atoms with Gasteiger partial charge in [0, 0.05) is 0 Å². The molecule has 0 aliphatic rings. The molecule has 1 amide bonds. The van der Waals surface area contributed by atoms with Gasteiger partial charge in [0.2, 0.25) is 5.91 Å². The van der Waals surface area contributed by atoms with Crippen LogP contribution in [0.5, 0.6) is 11.5 Å². The number of carbonyl (C=O) groups is 1. The Labute approximate surface area is 220 Å². The summed E-state index contributed by atoms with van der Waals surface area (Å²) in [5.74, 6) is 1.26. The van der Waals surface area contributed by atoms with Crippen LogP contribution in [0.15, 0.2) is 77.7 Å². The number of aryl methyl sites for hydroxylation is 1. The third kappa shape index (κ3) is 7.49. The SMILES string of the molecule is CCOc1ccc(N(CC(=O)N[C@H](CC(C)C)c2ccc(OC)cc2)S(=O)(=O)c2ccc(C)cc2)cc1. The number of hydrogen-bond donors (Lipinski definition) is 1. The van der Waals surface area contributed by atoms with Crippen molar-refractivity contribution in [1.82, 2.24) is 5.32 Å². The van der Waals surface area contributed by atoms with Crippen molar-refractivity contribution in [2.45, 2.75) is 45.1 Å². The molecule has 0 fully saturated rings. The van der Waals surface area contributed by atoms with Crippen LogP contribution in [-0.4, -0.2) is 34.6 Å². The van der Waals surface area contributed by atoms with E-state index >= 15 is 0 Å². The van der Waals surface area contributed by atoms with Crippen molar-refractivity contribution in [3.63, 3.8) is 0 Å². The zero-order chi connectivity index (χ0) is 27.0. The molecule has 0 bridgehead atoms. The molecule has 3 aromatic carbocycles. The Balaban J connectivity index is 1.92. The van der Waals surface area contributed by atoms with Gasteiger partial charge in [-0.3, -0.25) is 9.10 Å². The molecule has 0 saturated heterocycles. The molecule has 0 aliphatic heterocycles. The van der Waals surface area contributed by atoms with E-state index in [9.17, 15) is 13.2 Å². The lowest BCUT2D eigenvalue weighted by Gasteiger charge is -2.27. The highest BCUT2D eigenvalue weighted by Gasteiger charge is 2.28. The van der Waals surface area contributed by atoms with Crippen molar-refractivity contribution in [3.05, 3.63) is 83.9 Å². The average Bonchev–Trinajstić information content (AvgIpc) is 2.87. The molecule has 0 saturated carbocycles. The van der Waals surface area contributed by atoms with Gasteiger partial charge >= 0.3 is 0 Å². The van der Waals surface area contributed by atoms with E-state index in [-0.39, 0.29) is 17.5 Å². The summed E-state index contributed by atoms with van der Waals surface area (Å²) in [6.07, 6.45) is 0.700. The van der Waals surface area contributed by atoms with Crippen molar-refractivity contribution >= 4 is 21.6 Å². The first-order valence-corrected chi connectivity index (χ1v) is 13.8. The van der Waals surface area contributed by atoms with Crippen LogP contribution < -0.4 is 19.1 Å². The highest BCUT2D eigenvalue weighted by Crippen LogP contribution is 2.27. The fourth-order valence-corrected chi connectivity index (χ4v) is 5.41. The molecule has 0 radical (unpaired) electrons. The third-order valence-electron chi connectivity index (χ3n) is 5.89. The van der Waals surface area contributed by atoms with Gasteiger partial charge in [0.25, 0.3) is 10.0 Å². The minimum atomic E-state index is -4.01. The average molecular weight is 525 g/mol. The second-order valence-electron chi connectivity index (χ2n) is 9.27. The summed E-state index contributed by atoms with van der Waals surface area (Å²) in [6, 6.07) is 20.6. The zero-order valence-corrected chi connectivity index (χ0v) is 22.9. The van der Waals surface area contributed by atoms with E-state index in [0.717, 1.165) is 21.2 Å². The second kappa shape index (κ2) is 12.6. The van der Waals surface area contributed by atoms with Crippen molar-refractivity contribution < 1.29 is 22.7 Å². The molecule has 3 aromatic rings. The Kier molecular flexibility index (Phi) is 9.58. The van der Waals surface area contributed by atoms with Gasteiger partial charge in [0.1, 0.15) is 18.0 Å². The van der Waals surface area contributed by atoms with Crippen molar-refractivity contribution in [2.24, 2.45) is 5.92 Å². The van der Waals surface area contributed by atoms with Crippen molar-refractivity contribution in [2.75, 3.05) is 24.6 Å². The maximum atomic E-state index is 13.7. The van der Waals surface area contributed by atoms with E-state index < -0.39 is 15.9 Å². The molecule has 0 unspecified atom stereocenters. The van der Waals surface area contributed by atoms with E-state index in [1.807, 2.05) is 38.1 Å². The molecule has 7 nitrogen and oxygen atoms in total. The van der Waals surface area contributed by atoms with Gasteiger partial charge in [-0.2, -0.15) is 0 Å². The number of anilines is 1. The monoisotopic (exact) mass is 524 g/mol. The maximum Gasteiger partial charge on any atom is 0.264 e. The number of benzene rings is 3. The molecule has 1 N–H and O–H groups in total. The highest BCUT2D eigenvalue weighted by atomic mass is 32.2. The molecule has 1 atom stereocenters. The van der Waals surface area contributed by atoms with Crippen LogP contribution in [0.1, 0.15) is 44.4 Å². The van der Waals surface area contributed by atoms with E-state index in [1.165, 1.54) is 0 Å². The number of nitrogens with zero attached hydrogens (tertiary/aromatic N) is 1. The fourth-order valence-electron chi connectivity index (χ4n) is 3.98. The number of rotatable bonds is 12. The second-order valence-corrected chi connectivity index (χ2v) is 11.1. The highest BCUT2D eigenvalue weighted by molar-refractivity contribution is 7.92. The molecule has 0 aliphatic carbocycles. The lowest BCUT2D eigenvalue weighted by atomic mass is 9.97. The van der Waals surface area contributed by atoms with Gasteiger partial charge < -0.3 is 14.8 Å². The summed E-state index contributed by atoms with van der Waals surface area (Å²) in [7, 11) is -2.40. The Morgan fingerprint density at radius 1 is 0.919 bits per heavy atom. The topological polar surface area (TPSA) is 84.9 Å². The number of carbonyl (C=O) groups excluding carboxylic acids is 1. The van der Waals surface area contributed by atoms with Crippen LogP contribution in [0.4, 0.5) is 5.69 Å². The van der Waals surface area contributed by atoms with Crippen LogP contribution in [0, 0.1) is 12.8 Å². The van der Waals surface area contributed by atoms with Crippen molar-refractivity contribution in [3.8, 4) is 11.5 Å². The van der Waals surface area contributed by atoms with E-state index in [4.69, 9.17) is 9.47 Å². The summed E-state index contributed by atoms with van der Waals surface area (Å²) >= 11 is 0. The van der Waals surface area contributed by atoms with Gasteiger partial charge in [-0.1, -0.05) is 43.7 Å². The van der Waals surface area contributed by atoms with Crippen LogP contribution in [0.3, 0.4) is 0 Å². The molecule has 3 rings (SSSR count). The Bertz CT molecular complexity index is 1260. The van der Waals surface area contributed by atoms with E-state index in [2.05, 4.69) is 19.2 Å². The summed E-state index contributed by atoms with van der Waals surface area (Å²) in [4.78, 5) is 13.5. The fraction of sp³-hybridized carbons (Fsp3) is 0.345. The summed E-state index contributed by atoms with van der Waals surface area (Å²) in [5, 5.41) is 3.06. The van der Waals surface area contributed by atoms with Gasteiger partial charge in [0.05, 0.1) is 30.3 Å². The van der Waals surface area contributed by atoms with E-state index in [0.29, 0.717) is 30.4 Å². The van der Waals surface area contributed by atoms with Gasteiger partial charge in [-0.05, 0) is 80.3 Å². The standard InChI is InChI=1S/C29H36N2O5S/c1-6-36-26-15-11-24(12-16-26)31(37(33,34)27-17-7-22(4)8-18-27)20-29(32)30-28(19-21(2)3)23-9-13-25(35-5)14-10-23/h7-18,21,28H,6,19-20H2,1-5H3,(H,30,32)/t28-/m1/s1. The van der Waals surface area contributed by atoms with Crippen LogP contribution in [-0.2, 0) is 14.8 Å². The maximum absolute atomic E-state index is 13.7. The Hall–Kier alpha value is -3.52. The smallest absolute Gasteiger partial charge is 0.264 e. The molecule has 0 aromatic heterocycles. The van der Waals surface area contributed by atoms with Crippen molar-refractivity contribution in [1.29, 1.82) is 0 Å². The molecule has 198 valence electrons. The molecule has 8 heteroatoms. The number of ether oxygens (including phenoxy) is 2. The molecular formula is C29H36N2O5S. The number of amides is 1. The molecule has 37 heavy (non-hydrogen) atoms. The van der Waals surface area contributed by atoms with Crippen LogP contribution in [0.2, 0.25) is 0 Å². The first kappa shape index (κ1) is 28.1. The number of methoxy groups -OCH3 is 1. The molecular weight excluding hydrogens is 488 g/mol. The summed E-state index contributed by atoms with van der Waals surface area (Å²) in [6.45, 7) is 8.06. The van der Waals surface area contributed by atoms with Crippen LogP contribution in [0.25, 0.3) is 0 Å². The Morgan fingerprint density at radius 3 is 2.05 bits per heavy atom. The quantitative estimate of drug-likeness (QED) is 0.338. The molecule has 0 heterocycles. The van der Waals surface area contributed by atoms with E-state index in [1.54, 1.807) is 55.6 Å². The normalized spacial score (nSPS) is 12.2. The largest absolute Gasteiger partial charge is 0.497 e. The third-order valence-corrected chi connectivity index (χ3v) is 7.68. The van der Waals surface area contributed by atoms with Gasteiger partial charge in [-0.25, -0.2) is 8.42 Å². The predicted octanol–water partition coefficient (Wildman–Crippen LogP) is 5.50. The Morgan fingerprint density at radius 2 is 1.51 bits per heavy atom. The minimum Gasteiger partial charge on any atom is -0.497 e. The van der Waals surface area contributed by atoms with Gasteiger partial charge in [0.15, 0.2) is 0 Å². The number of hydrogen-bond acceptors (Lipinski definition) is 5. The number of nitrogens with one attached hydrogen (secondary N) is 1. The first-order chi connectivity index (χ1) is 17.6. The lowest BCUT2D eigenvalue weighted by molar-refractivity contribution is -0.120. The molecule has 0 spiro atoms. The minimum absolute atomic E-state index is 0.119. The lowest BCUT2D eigenvalue weighted by Crippen LogP contribution is -2.42. The summed E-state index contributed by atoms with van der Waals surface area (Å²) < 4.78 is 39.3. The van der Waals surface area contributed by atoms with Crippen LogP contribution >= 0.6 is 0 Å². The first-order valence-electron chi connectivity index (χ1n) is 12.4. The predicted molar refractivity (Wildman–Crippen MR) is 147 cm³/mol. The summed E-state index contributed by atoms with van der Waals surface area (Å²) in [5.41, 5.74) is 2.25. The van der Waals surface area contributed by atoms with Gasteiger partial charge in [-0.15, -0.1) is 0 Å².